The van der Waals surface area contributed by atoms with Gasteiger partial charge in [0, 0.05) is 29.7 Å². The maximum absolute atomic E-state index is 13.2. The molecule has 2 amide bonds. The second kappa shape index (κ2) is 10.3. The van der Waals surface area contributed by atoms with E-state index < -0.39 is 15.9 Å². The van der Waals surface area contributed by atoms with Gasteiger partial charge in [-0.3, -0.25) is 9.59 Å². The van der Waals surface area contributed by atoms with E-state index in [1.165, 1.54) is 34.1 Å². The van der Waals surface area contributed by atoms with Gasteiger partial charge in [-0.15, -0.1) is 11.8 Å². The number of para-hydroxylation sites is 2. The van der Waals surface area contributed by atoms with Crippen LogP contribution in [0, 0.1) is 5.92 Å². The lowest BCUT2D eigenvalue weighted by molar-refractivity contribution is -0.123. The van der Waals surface area contributed by atoms with Gasteiger partial charge in [0.15, 0.2) is 0 Å². The van der Waals surface area contributed by atoms with Gasteiger partial charge in [-0.05, 0) is 30.3 Å². The molecule has 0 aliphatic carbocycles. The van der Waals surface area contributed by atoms with Crippen LogP contribution in [0.1, 0.15) is 6.92 Å². The van der Waals surface area contributed by atoms with E-state index in [1.807, 2.05) is 0 Å². The summed E-state index contributed by atoms with van der Waals surface area (Å²) in [4.78, 5) is 28.4. The Morgan fingerprint density at radius 2 is 1.94 bits per heavy atom. The van der Waals surface area contributed by atoms with Crippen LogP contribution in [0.3, 0.4) is 0 Å². The molecular weight excluding hydrogens is 478 g/mol. The molecule has 2 aromatic carbocycles. The molecule has 9 nitrogen and oxygen atoms in total. The molecule has 2 aliphatic heterocycles. The summed E-state index contributed by atoms with van der Waals surface area (Å²) < 4.78 is 38.4. The summed E-state index contributed by atoms with van der Waals surface area (Å²) in [6, 6.07) is 11.8. The molecule has 1 saturated heterocycles. The Bertz CT molecular complexity index is 1180. The number of anilines is 2. The normalized spacial score (nSPS) is 19.3. The zero-order valence-electron chi connectivity index (χ0n) is 19.0. The number of carbonyl (C=O) groups is 2. The van der Waals surface area contributed by atoms with Crippen molar-refractivity contribution in [3.05, 3.63) is 42.5 Å². The molecule has 2 aromatic rings. The lowest BCUT2D eigenvalue weighted by Crippen LogP contribution is -2.42. The van der Waals surface area contributed by atoms with Crippen LogP contribution in [0.5, 0.6) is 5.75 Å². The van der Waals surface area contributed by atoms with Crippen LogP contribution in [0.15, 0.2) is 52.3 Å². The van der Waals surface area contributed by atoms with Crippen molar-refractivity contribution in [1.29, 1.82) is 0 Å². The van der Waals surface area contributed by atoms with Crippen molar-refractivity contribution in [3.8, 4) is 5.75 Å². The Morgan fingerprint density at radius 1 is 1.21 bits per heavy atom. The zero-order valence-corrected chi connectivity index (χ0v) is 20.7. The summed E-state index contributed by atoms with van der Waals surface area (Å²) in [6.07, 6.45) is 0. The summed E-state index contributed by atoms with van der Waals surface area (Å²) in [7, 11) is -2.25. The molecule has 1 fully saturated rings. The summed E-state index contributed by atoms with van der Waals surface area (Å²) in [5, 5.41) is 2.79. The molecule has 1 N–H and O–H groups in total. The average Bonchev–Trinajstić information content (AvgIpc) is 2.96. The third kappa shape index (κ3) is 5.07. The van der Waals surface area contributed by atoms with Gasteiger partial charge >= 0.3 is 0 Å². The lowest BCUT2D eigenvalue weighted by Gasteiger charge is -2.27. The molecule has 1 atom stereocenters. The minimum Gasteiger partial charge on any atom is -0.495 e. The SMILES string of the molecule is COc1ccccc1NC(=O)CN1C(=O)[C@@H](C)CSc2ccc(S(=O)(=O)N3CCOCC3)cc21. The zero-order chi connectivity index (χ0) is 24.3. The van der Waals surface area contributed by atoms with E-state index in [0.717, 1.165) is 4.90 Å². The fourth-order valence-corrected chi connectivity index (χ4v) is 6.32. The molecule has 0 radical (unpaired) electrons. The van der Waals surface area contributed by atoms with Crippen molar-refractivity contribution >= 4 is 45.0 Å². The first-order valence-electron chi connectivity index (χ1n) is 10.9. The molecule has 2 aliphatic rings. The van der Waals surface area contributed by atoms with E-state index in [1.54, 1.807) is 43.3 Å². The largest absolute Gasteiger partial charge is 0.495 e. The molecule has 2 heterocycles. The van der Waals surface area contributed by atoms with Crippen molar-refractivity contribution in [2.45, 2.75) is 16.7 Å². The highest BCUT2D eigenvalue weighted by molar-refractivity contribution is 7.99. The first kappa shape index (κ1) is 24.5. The second-order valence-corrected chi connectivity index (χ2v) is 11.0. The van der Waals surface area contributed by atoms with Crippen LogP contribution in [0.25, 0.3) is 0 Å². The number of hydrogen-bond donors (Lipinski definition) is 1. The Kier molecular flexibility index (Phi) is 7.46. The van der Waals surface area contributed by atoms with Crippen LogP contribution in [-0.4, -0.2) is 70.2 Å². The number of rotatable bonds is 6. The highest BCUT2D eigenvalue weighted by Crippen LogP contribution is 2.38. The third-order valence-corrected chi connectivity index (χ3v) is 8.91. The molecule has 0 aromatic heterocycles. The smallest absolute Gasteiger partial charge is 0.244 e. The quantitative estimate of drug-likeness (QED) is 0.643. The van der Waals surface area contributed by atoms with E-state index in [0.29, 0.717) is 36.1 Å². The summed E-state index contributed by atoms with van der Waals surface area (Å²) in [5.74, 6) is 0.0511. The number of hydrogen-bond acceptors (Lipinski definition) is 7. The Balaban J connectivity index is 1.65. The number of morpholine rings is 1. The summed E-state index contributed by atoms with van der Waals surface area (Å²) in [5.41, 5.74) is 0.910. The Morgan fingerprint density at radius 3 is 2.68 bits per heavy atom. The number of sulfonamides is 1. The van der Waals surface area contributed by atoms with Crippen molar-refractivity contribution in [2.24, 2.45) is 5.92 Å². The Labute approximate surface area is 203 Å². The summed E-state index contributed by atoms with van der Waals surface area (Å²) >= 11 is 1.47. The molecule has 0 saturated carbocycles. The molecule has 34 heavy (non-hydrogen) atoms. The first-order valence-corrected chi connectivity index (χ1v) is 13.3. The van der Waals surface area contributed by atoms with E-state index in [9.17, 15) is 18.0 Å². The minimum atomic E-state index is -3.76. The van der Waals surface area contributed by atoms with Crippen LogP contribution in [0.4, 0.5) is 11.4 Å². The predicted octanol–water partition coefficient (Wildman–Crippen LogP) is 2.43. The maximum Gasteiger partial charge on any atom is 0.244 e. The number of amides is 2. The fourth-order valence-electron chi connectivity index (χ4n) is 3.84. The molecular formula is C23H27N3O6S2. The van der Waals surface area contributed by atoms with E-state index in [4.69, 9.17) is 9.47 Å². The van der Waals surface area contributed by atoms with Crippen molar-refractivity contribution in [2.75, 3.05) is 55.9 Å². The molecule has 0 unspecified atom stereocenters. The molecule has 11 heteroatoms. The highest BCUT2D eigenvalue weighted by Gasteiger charge is 2.33. The van der Waals surface area contributed by atoms with Crippen LogP contribution in [-0.2, 0) is 24.3 Å². The Hall–Kier alpha value is -2.60. The van der Waals surface area contributed by atoms with Gasteiger partial charge < -0.3 is 19.7 Å². The maximum atomic E-state index is 13.2. The number of thioether (sulfide) groups is 1. The third-order valence-electron chi connectivity index (χ3n) is 5.69. The first-order chi connectivity index (χ1) is 16.3. The van der Waals surface area contributed by atoms with E-state index >= 15 is 0 Å². The van der Waals surface area contributed by atoms with E-state index in [-0.39, 0.29) is 36.4 Å². The van der Waals surface area contributed by atoms with Crippen molar-refractivity contribution < 1.29 is 27.5 Å². The molecule has 0 spiro atoms. The van der Waals surface area contributed by atoms with Crippen LogP contribution >= 0.6 is 11.8 Å². The van der Waals surface area contributed by atoms with Gasteiger partial charge in [0.1, 0.15) is 12.3 Å². The molecule has 0 bridgehead atoms. The number of fused-ring (bicyclic) bond motifs is 1. The molecule has 182 valence electrons. The monoisotopic (exact) mass is 505 g/mol. The van der Waals surface area contributed by atoms with Crippen molar-refractivity contribution in [3.63, 3.8) is 0 Å². The standard InChI is InChI=1S/C23H27N3O6S2/c1-16-15-33-21-8-7-17(34(29,30)25-9-11-32-12-10-25)13-19(21)26(23(16)28)14-22(27)24-18-5-3-4-6-20(18)31-2/h3-8,13,16H,9-12,14-15H2,1-2H3,(H,24,27)/t16-/m0/s1. The number of nitrogens with one attached hydrogen (secondary N) is 1. The summed E-state index contributed by atoms with van der Waals surface area (Å²) in [6.45, 7) is 2.77. The number of methoxy groups -OCH3 is 1. The van der Waals surface area contributed by atoms with Gasteiger partial charge in [0.05, 0.1) is 36.6 Å². The van der Waals surface area contributed by atoms with Crippen LogP contribution < -0.4 is 15.0 Å². The lowest BCUT2D eigenvalue weighted by atomic mass is 10.1. The van der Waals surface area contributed by atoms with Gasteiger partial charge in [0.2, 0.25) is 21.8 Å². The van der Waals surface area contributed by atoms with Crippen LogP contribution in [0.2, 0.25) is 0 Å². The van der Waals surface area contributed by atoms with Gasteiger partial charge in [0.25, 0.3) is 0 Å². The number of carbonyl (C=O) groups excluding carboxylic acids is 2. The fraction of sp³-hybridized carbons (Fsp3) is 0.391. The van der Waals surface area contributed by atoms with E-state index in [2.05, 4.69) is 5.32 Å². The topological polar surface area (TPSA) is 105 Å². The minimum absolute atomic E-state index is 0.0891. The number of benzene rings is 2. The average molecular weight is 506 g/mol. The van der Waals surface area contributed by atoms with Gasteiger partial charge in [-0.2, -0.15) is 4.31 Å². The second-order valence-electron chi connectivity index (χ2n) is 8.03. The van der Waals surface area contributed by atoms with Gasteiger partial charge in [-0.1, -0.05) is 19.1 Å². The predicted molar refractivity (Wildman–Crippen MR) is 130 cm³/mol. The number of ether oxygens (including phenoxy) is 2. The van der Waals surface area contributed by atoms with Crippen molar-refractivity contribution in [1.82, 2.24) is 4.31 Å². The van der Waals surface area contributed by atoms with Gasteiger partial charge in [-0.25, -0.2) is 8.42 Å². The highest BCUT2D eigenvalue weighted by atomic mass is 32.2. The molecule has 4 rings (SSSR count). The number of nitrogens with zero attached hydrogens (tertiary/aromatic N) is 2.